The third-order valence-electron chi connectivity index (χ3n) is 2.68. The first-order valence-electron chi connectivity index (χ1n) is 6.22. The van der Waals surface area contributed by atoms with Gasteiger partial charge in [0.15, 0.2) is 0 Å². The molecule has 1 aromatic rings. The van der Waals surface area contributed by atoms with Crippen LogP contribution in [0, 0.1) is 0 Å². The van der Waals surface area contributed by atoms with Crippen molar-refractivity contribution in [2.24, 2.45) is 0 Å². The Labute approximate surface area is 115 Å². The molecule has 5 heteroatoms. The number of sulfonamides is 1. The van der Waals surface area contributed by atoms with Crippen molar-refractivity contribution < 1.29 is 8.42 Å². The molecular formula is C13H20ClNO2S. The van der Waals surface area contributed by atoms with Gasteiger partial charge in [-0.05, 0) is 37.0 Å². The maximum atomic E-state index is 11.8. The fourth-order valence-electron chi connectivity index (χ4n) is 1.52. The van der Waals surface area contributed by atoms with Gasteiger partial charge in [0.05, 0.1) is 4.90 Å². The van der Waals surface area contributed by atoms with Gasteiger partial charge in [-0.2, -0.15) is 0 Å². The van der Waals surface area contributed by atoms with Crippen LogP contribution in [0.5, 0.6) is 0 Å². The molecule has 3 nitrogen and oxygen atoms in total. The number of rotatable bonds is 7. The minimum atomic E-state index is -3.36. The zero-order valence-electron chi connectivity index (χ0n) is 10.8. The largest absolute Gasteiger partial charge is 0.240 e. The van der Waals surface area contributed by atoms with Crippen LogP contribution < -0.4 is 4.72 Å². The van der Waals surface area contributed by atoms with E-state index in [1.165, 1.54) is 0 Å². The lowest BCUT2D eigenvalue weighted by Gasteiger charge is -2.08. The van der Waals surface area contributed by atoms with Gasteiger partial charge in [-0.3, -0.25) is 0 Å². The maximum absolute atomic E-state index is 11.8. The van der Waals surface area contributed by atoms with Gasteiger partial charge in [0, 0.05) is 11.9 Å². The number of halogens is 1. The van der Waals surface area contributed by atoms with Crippen molar-refractivity contribution in [3.63, 3.8) is 0 Å². The van der Waals surface area contributed by atoms with E-state index in [1.54, 1.807) is 12.1 Å². The summed E-state index contributed by atoms with van der Waals surface area (Å²) in [7, 11) is -3.36. The molecule has 0 bridgehead atoms. The van der Waals surface area contributed by atoms with E-state index in [0.29, 0.717) is 11.4 Å². The summed E-state index contributed by atoms with van der Waals surface area (Å²) in [6, 6.07) is 6.91. The molecule has 18 heavy (non-hydrogen) atoms. The van der Waals surface area contributed by atoms with Crippen LogP contribution in [0.2, 0.25) is 0 Å². The summed E-state index contributed by atoms with van der Waals surface area (Å²) in [6.07, 6.45) is 2.45. The Kier molecular flexibility index (Phi) is 6.12. The molecule has 1 N–H and O–H groups in total. The normalized spacial score (nSPS) is 13.5. The monoisotopic (exact) mass is 289 g/mol. The van der Waals surface area contributed by atoms with E-state index in [1.807, 2.05) is 26.0 Å². The molecule has 1 rings (SSSR count). The average molecular weight is 290 g/mol. The second-order valence-corrected chi connectivity index (χ2v) is 6.64. The predicted molar refractivity (Wildman–Crippen MR) is 75.6 cm³/mol. The Bertz CT molecular complexity index is 456. The zero-order valence-corrected chi connectivity index (χ0v) is 12.4. The summed E-state index contributed by atoms with van der Waals surface area (Å²) < 4.78 is 26.2. The first-order chi connectivity index (χ1) is 8.49. The quantitative estimate of drug-likeness (QED) is 0.785. The number of alkyl halides is 1. The van der Waals surface area contributed by atoms with E-state index in [9.17, 15) is 8.42 Å². The molecule has 0 heterocycles. The van der Waals surface area contributed by atoms with Crippen molar-refractivity contribution in [3.05, 3.63) is 29.8 Å². The molecule has 0 radical (unpaired) electrons. The van der Waals surface area contributed by atoms with Crippen molar-refractivity contribution >= 4 is 21.6 Å². The Hall–Kier alpha value is -0.580. The molecule has 1 aromatic carbocycles. The predicted octanol–water partition coefficient (Wildman–Crippen LogP) is 2.93. The summed E-state index contributed by atoms with van der Waals surface area (Å²) in [6.45, 7) is 4.42. The summed E-state index contributed by atoms with van der Waals surface area (Å²) in [5.74, 6) is 0. The van der Waals surface area contributed by atoms with Crippen LogP contribution in [-0.2, 0) is 16.4 Å². The lowest BCUT2D eigenvalue weighted by Crippen LogP contribution is -2.24. The second kappa shape index (κ2) is 7.12. The Balaban J connectivity index is 2.76. The number of benzene rings is 1. The van der Waals surface area contributed by atoms with Crippen LogP contribution in [0.4, 0.5) is 0 Å². The van der Waals surface area contributed by atoms with E-state index in [-0.39, 0.29) is 5.38 Å². The van der Waals surface area contributed by atoms with Crippen LogP contribution in [-0.4, -0.2) is 20.3 Å². The van der Waals surface area contributed by atoms with E-state index in [2.05, 4.69) is 4.72 Å². The van der Waals surface area contributed by atoms with Crippen LogP contribution in [0.15, 0.2) is 29.2 Å². The fraction of sp³-hybridized carbons (Fsp3) is 0.538. The van der Waals surface area contributed by atoms with Gasteiger partial charge in [0.25, 0.3) is 0 Å². The highest BCUT2D eigenvalue weighted by Crippen LogP contribution is 2.14. The third kappa shape index (κ3) is 4.59. The average Bonchev–Trinajstić information content (AvgIpc) is 2.37. The van der Waals surface area contributed by atoms with Crippen LogP contribution in [0.25, 0.3) is 0 Å². The Morgan fingerprint density at radius 2 is 1.83 bits per heavy atom. The van der Waals surface area contributed by atoms with Gasteiger partial charge in [-0.1, -0.05) is 26.0 Å². The van der Waals surface area contributed by atoms with E-state index in [4.69, 9.17) is 11.6 Å². The molecular weight excluding hydrogens is 270 g/mol. The minimum absolute atomic E-state index is 0.102. The molecule has 102 valence electrons. The van der Waals surface area contributed by atoms with Crippen molar-refractivity contribution in [2.75, 3.05) is 6.54 Å². The standard InChI is InChI=1S/C13H20ClNO2S/c1-3-9-15-18(16,17)13-7-5-11(6-8-13)10-12(14)4-2/h5-8,12,15H,3-4,9-10H2,1-2H3. The SMILES string of the molecule is CCCNS(=O)(=O)c1ccc(CC(Cl)CC)cc1. The zero-order chi connectivity index (χ0) is 13.6. The van der Waals surface area contributed by atoms with E-state index >= 15 is 0 Å². The molecule has 0 saturated carbocycles. The van der Waals surface area contributed by atoms with Crippen molar-refractivity contribution in [1.29, 1.82) is 0 Å². The Morgan fingerprint density at radius 3 is 2.33 bits per heavy atom. The molecule has 0 aliphatic rings. The summed E-state index contributed by atoms with van der Waals surface area (Å²) >= 11 is 6.07. The van der Waals surface area contributed by atoms with Crippen molar-refractivity contribution in [2.45, 2.75) is 43.4 Å². The topological polar surface area (TPSA) is 46.2 Å². The second-order valence-electron chi connectivity index (χ2n) is 4.25. The molecule has 1 unspecified atom stereocenters. The molecule has 0 fully saturated rings. The summed E-state index contributed by atoms with van der Waals surface area (Å²) in [5.41, 5.74) is 1.06. The molecule has 0 aromatic heterocycles. The number of hydrogen-bond acceptors (Lipinski definition) is 2. The van der Waals surface area contributed by atoms with Gasteiger partial charge < -0.3 is 0 Å². The molecule has 0 aliphatic heterocycles. The van der Waals surface area contributed by atoms with Gasteiger partial charge in [-0.15, -0.1) is 11.6 Å². The first kappa shape index (κ1) is 15.5. The molecule has 0 amide bonds. The van der Waals surface area contributed by atoms with Gasteiger partial charge in [0.2, 0.25) is 10.0 Å². The summed E-state index contributed by atoms with van der Waals surface area (Å²) in [4.78, 5) is 0.308. The highest BCUT2D eigenvalue weighted by molar-refractivity contribution is 7.89. The molecule has 0 spiro atoms. The van der Waals surface area contributed by atoms with Gasteiger partial charge in [-0.25, -0.2) is 13.1 Å². The third-order valence-corrected chi connectivity index (χ3v) is 4.62. The Morgan fingerprint density at radius 1 is 1.22 bits per heavy atom. The molecule has 0 aliphatic carbocycles. The number of hydrogen-bond donors (Lipinski definition) is 1. The highest BCUT2D eigenvalue weighted by Gasteiger charge is 2.12. The first-order valence-corrected chi connectivity index (χ1v) is 8.14. The van der Waals surface area contributed by atoms with Gasteiger partial charge >= 0.3 is 0 Å². The smallest absolute Gasteiger partial charge is 0.211 e. The highest BCUT2D eigenvalue weighted by atomic mass is 35.5. The maximum Gasteiger partial charge on any atom is 0.240 e. The van der Waals surface area contributed by atoms with Gasteiger partial charge in [0.1, 0.15) is 0 Å². The molecule has 1 atom stereocenters. The van der Waals surface area contributed by atoms with Crippen molar-refractivity contribution in [1.82, 2.24) is 4.72 Å². The van der Waals surface area contributed by atoms with Crippen LogP contribution in [0.3, 0.4) is 0 Å². The minimum Gasteiger partial charge on any atom is -0.211 e. The fourth-order valence-corrected chi connectivity index (χ4v) is 2.84. The van der Waals surface area contributed by atoms with Crippen molar-refractivity contribution in [3.8, 4) is 0 Å². The lowest BCUT2D eigenvalue weighted by molar-refractivity contribution is 0.581. The lowest BCUT2D eigenvalue weighted by atomic mass is 10.1. The summed E-state index contributed by atoms with van der Waals surface area (Å²) in [5, 5.41) is 0.102. The van der Waals surface area contributed by atoms with Crippen LogP contribution in [0.1, 0.15) is 32.3 Å². The molecule has 0 saturated heterocycles. The van der Waals surface area contributed by atoms with E-state index in [0.717, 1.165) is 24.8 Å². The number of nitrogens with one attached hydrogen (secondary N) is 1. The van der Waals surface area contributed by atoms with E-state index < -0.39 is 10.0 Å². The van der Waals surface area contributed by atoms with Crippen LogP contribution >= 0.6 is 11.6 Å².